The van der Waals surface area contributed by atoms with Crippen molar-refractivity contribution in [2.45, 2.75) is 6.42 Å². The van der Waals surface area contributed by atoms with E-state index in [1.807, 2.05) is 6.08 Å². The molecule has 9 heteroatoms. The molecule has 0 radical (unpaired) electrons. The van der Waals surface area contributed by atoms with Crippen molar-refractivity contribution < 1.29 is 18.8 Å². The third kappa shape index (κ3) is 3.75. The number of allylic oxidation sites excluding steroid dienone is 3. The van der Waals surface area contributed by atoms with E-state index in [1.54, 1.807) is 17.0 Å². The minimum absolute atomic E-state index is 0.0148. The van der Waals surface area contributed by atoms with E-state index in [-0.39, 0.29) is 29.9 Å². The van der Waals surface area contributed by atoms with E-state index >= 15 is 0 Å². The molecular weight excluding hydrogens is 473 g/mol. The monoisotopic (exact) mass is 489 g/mol. The number of carbonyl (C=O) groups excluding carboxylic acids is 3. The summed E-state index contributed by atoms with van der Waals surface area (Å²) in [5.74, 6) is -2.21. The second kappa shape index (κ2) is 8.23. The van der Waals surface area contributed by atoms with Crippen molar-refractivity contribution in [3.8, 4) is 0 Å². The fourth-order valence-electron chi connectivity index (χ4n) is 3.62. The van der Waals surface area contributed by atoms with Crippen LogP contribution in [0.2, 0.25) is 0 Å². The van der Waals surface area contributed by atoms with Crippen LogP contribution in [0.5, 0.6) is 0 Å². The van der Waals surface area contributed by atoms with Gasteiger partial charge in [0.1, 0.15) is 5.82 Å². The lowest BCUT2D eigenvalue weighted by Crippen LogP contribution is -2.52. The quantitative estimate of drug-likeness (QED) is 0.408. The standard InChI is InChI=1S/C21H17BrFN3O3S/c22-12-4-5-17(30)13(10-12)20(28)25-6-8-26(9-7-25)21(29)19(27)14-11-24-16-3-1-2-15(23)18(14)16/h1-4,10-11,24H,5-9H2. The largest absolute Gasteiger partial charge is 0.360 e. The predicted octanol–water partition coefficient (Wildman–Crippen LogP) is 3.14. The highest BCUT2D eigenvalue weighted by Crippen LogP contribution is 2.24. The van der Waals surface area contributed by atoms with Gasteiger partial charge in [-0.25, -0.2) is 4.39 Å². The van der Waals surface area contributed by atoms with Gasteiger partial charge in [0, 0.05) is 59.0 Å². The maximum absolute atomic E-state index is 14.2. The Bertz CT molecular complexity index is 1150. The molecular formula is C21H17BrFN3O3S. The van der Waals surface area contributed by atoms with Crippen LogP contribution in [0.4, 0.5) is 4.39 Å². The molecule has 0 spiro atoms. The normalized spacial score (nSPS) is 17.1. The maximum Gasteiger partial charge on any atom is 0.295 e. The second-order valence-electron chi connectivity index (χ2n) is 7.05. The molecule has 2 heterocycles. The van der Waals surface area contributed by atoms with Crippen molar-refractivity contribution in [1.29, 1.82) is 0 Å². The minimum atomic E-state index is -0.767. The molecule has 2 aromatic rings. The number of H-pyrrole nitrogens is 1. The summed E-state index contributed by atoms with van der Waals surface area (Å²) < 4.78 is 15.0. The summed E-state index contributed by atoms with van der Waals surface area (Å²) in [5, 5.41) is 0.112. The highest BCUT2D eigenvalue weighted by atomic mass is 79.9. The van der Waals surface area contributed by atoms with Gasteiger partial charge in [0.05, 0.1) is 11.1 Å². The number of hydrogen-bond acceptors (Lipinski definition) is 4. The first kappa shape index (κ1) is 20.6. The molecule has 2 aliphatic rings. The molecule has 0 atom stereocenters. The van der Waals surface area contributed by atoms with Crippen molar-refractivity contribution in [3.63, 3.8) is 0 Å². The Morgan fingerprint density at radius 1 is 1.10 bits per heavy atom. The Kier molecular flexibility index (Phi) is 5.66. The lowest BCUT2D eigenvalue weighted by atomic mass is 10.0. The summed E-state index contributed by atoms with van der Waals surface area (Å²) in [4.78, 5) is 44.7. The Morgan fingerprint density at radius 2 is 1.80 bits per heavy atom. The van der Waals surface area contributed by atoms with E-state index in [0.717, 1.165) is 4.48 Å². The lowest BCUT2D eigenvalue weighted by molar-refractivity contribution is -0.134. The van der Waals surface area contributed by atoms with E-state index in [2.05, 4.69) is 20.9 Å². The molecule has 1 aromatic carbocycles. The number of Topliss-reactive ketones (excluding diaryl/α,β-unsaturated/α-hetero) is 1. The number of ketones is 1. The number of rotatable bonds is 3. The summed E-state index contributed by atoms with van der Waals surface area (Å²) in [6.07, 6.45) is 5.49. The number of fused-ring (bicyclic) bond motifs is 1. The van der Waals surface area contributed by atoms with Crippen molar-refractivity contribution in [2.24, 2.45) is 0 Å². The third-order valence-corrected chi connectivity index (χ3v) is 6.18. The number of hydrogen-bond donors (Lipinski definition) is 1. The third-order valence-electron chi connectivity index (χ3n) is 5.24. The van der Waals surface area contributed by atoms with Crippen LogP contribution in [0, 0.1) is 5.82 Å². The summed E-state index contributed by atoms with van der Waals surface area (Å²) in [6, 6.07) is 4.42. The molecule has 6 nitrogen and oxygen atoms in total. The molecule has 30 heavy (non-hydrogen) atoms. The van der Waals surface area contributed by atoms with Gasteiger partial charge in [0.2, 0.25) is 0 Å². The number of piperazine rings is 1. The smallest absolute Gasteiger partial charge is 0.295 e. The van der Waals surface area contributed by atoms with Gasteiger partial charge in [-0.05, 0) is 18.2 Å². The van der Waals surface area contributed by atoms with Crippen molar-refractivity contribution in [1.82, 2.24) is 14.8 Å². The second-order valence-corrected chi connectivity index (χ2v) is 8.46. The van der Waals surface area contributed by atoms with Gasteiger partial charge in [-0.1, -0.05) is 40.3 Å². The molecule has 0 unspecified atom stereocenters. The number of nitrogens with one attached hydrogen (secondary N) is 1. The summed E-state index contributed by atoms with van der Waals surface area (Å²) in [5.41, 5.74) is 0.948. The minimum Gasteiger partial charge on any atom is -0.360 e. The van der Waals surface area contributed by atoms with Gasteiger partial charge in [-0.15, -0.1) is 0 Å². The van der Waals surface area contributed by atoms with Crippen LogP contribution in [0.3, 0.4) is 0 Å². The molecule has 1 N–H and O–H groups in total. The van der Waals surface area contributed by atoms with Gasteiger partial charge in [-0.3, -0.25) is 14.4 Å². The number of benzene rings is 1. The molecule has 1 aliphatic carbocycles. The van der Waals surface area contributed by atoms with Crippen LogP contribution in [-0.4, -0.2) is 63.4 Å². The number of aromatic amines is 1. The van der Waals surface area contributed by atoms with Crippen molar-refractivity contribution in [3.05, 3.63) is 58.0 Å². The van der Waals surface area contributed by atoms with Gasteiger partial charge in [-0.2, -0.15) is 0 Å². The molecule has 1 aliphatic heterocycles. The molecule has 0 saturated carbocycles. The summed E-state index contributed by atoms with van der Waals surface area (Å²) in [7, 11) is 0. The molecule has 154 valence electrons. The summed E-state index contributed by atoms with van der Waals surface area (Å²) in [6.45, 7) is 1.03. The highest BCUT2D eigenvalue weighted by Gasteiger charge is 2.31. The van der Waals surface area contributed by atoms with E-state index < -0.39 is 17.5 Å². The Labute approximate surface area is 185 Å². The molecule has 0 bridgehead atoms. The van der Waals surface area contributed by atoms with Gasteiger partial charge >= 0.3 is 0 Å². The molecule has 4 rings (SSSR count). The zero-order valence-electron chi connectivity index (χ0n) is 15.8. The molecule has 1 fully saturated rings. The van der Waals surface area contributed by atoms with E-state index in [1.165, 1.54) is 23.2 Å². The topological polar surface area (TPSA) is 73.5 Å². The number of carbonyl (C=O) groups is 3. The first-order valence-corrected chi connectivity index (χ1v) is 10.6. The Balaban J connectivity index is 1.44. The van der Waals surface area contributed by atoms with E-state index in [4.69, 9.17) is 12.2 Å². The number of halogens is 2. The summed E-state index contributed by atoms with van der Waals surface area (Å²) >= 11 is 8.66. The van der Waals surface area contributed by atoms with Crippen LogP contribution in [0.15, 0.2) is 46.6 Å². The van der Waals surface area contributed by atoms with Crippen LogP contribution in [-0.2, 0) is 9.59 Å². The van der Waals surface area contributed by atoms with Crippen LogP contribution >= 0.6 is 28.1 Å². The highest BCUT2D eigenvalue weighted by molar-refractivity contribution is 9.11. The zero-order chi connectivity index (χ0) is 21.4. The molecule has 1 saturated heterocycles. The predicted molar refractivity (Wildman–Crippen MR) is 118 cm³/mol. The lowest BCUT2D eigenvalue weighted by Gasteiger charge is -2.35. The van der Waals surface area contributed by atoms with Crippen molar-refractivity contribution >= 4 is 61.5 Å². The van der Waals surface area contributed by atoms with Gasteiger partial charge < -0.3 is 14.8 Å². The fourth-order valence-corrected chi connectivity index (χ4v) is 4.24. The van der Waals surface area contributed by atoms with Gasteiger partial charge in [0.25, 0.3) is 17.6 Å². The molecule has 1 aromatic heterocycles. The SMILES string of the molecule is O=C(C(=O)N1CCN(C(=O)C2=CC(Br)=CCC2=S)CC1)c1c[nH]c2cccc(F)c12. The van der Waals surface area contributed by atoms with Gasteiger partial charge in [0.15, 0.2) is 0 Å². The zero-order valence-corrected chi connectivity index (χ0v) is 18.2. The number of amides is 2. The van der Waals surface area contributed by atoms with Crippen LogP contribution in [0.25, 0.3) is 10.9 Å². The Morgan fingerprint density at radius 3 is 2.53 bits per heavy atom. The fraction of sp³-hybridized carbons (Fsp3) is 0.238. The first-order valence-electron chi connectivity index (χ1n) is 9.36. The number of aromatic nitrogens is 1. The number of thiocarbonyl (C=S) groups is 1. The van der Waals surface area contributed by atoms with E-state index in [9.17, 15) is 18.8 Å². The maximum atomic E-state index is 14.2. The van der Waals surface area contributed by atoms with Crippen LogP contribution in [0.1, 0.15) is 16.8 Å². The molecule has 2 amide bonds. The van der Waals surface area contributed by atoms with Crippen molar-refractivity contribution in [2.75, 3.05) is 26.2 Å². The average Bonchev–Trinajstić information content (AvgIpc) is 3.19. The first-order chi connectivity index (χ1) is 14.4. The number of nitrogens with zero attached hydrogens (tertiary/aromatic N) is 2. The average molecular weight is 490 g/mol. The van der Waals surface area contributed by atoms with E-state index in [0.29, 0.717) is 35.5 Å². The Hall–Kier alpha value is -2.65. The van der Waals surface area contributed by atoms with Crippen LogP contribution < -0.4 is 0 Å².